The summed E-state index contributed by atoms with van der Waals surface area (Å²) in [5.41, 5.74) is 1.52. The molecule has 0 aromatic heterocycles. The average molecular weight is 491 g/mol. The Morgan fingerprint density at radius 1 is 1.20 bits per heavy atom. The lowest BCUT2D eigenvalue weighted by atomic mass is 10.2. The van der Waals surface area contributed by atoms with Crippen LogP contribution in [0.5, 0.6) is 11.5 Å². The molecule has 0 spiro atoms. The van der Waals surface area contributed by atoms with E-state index in [0.717, 1.165) is 11.3 Å². The lowest BCUT2D eigenvalue weighted by molar-refractivity contribution is -0.122. The number of nitrogens with zero attached hydrogens (tertiary/aromatic N) is 2. The van der Waals surface area contributed by atoms with Crippen LogP contribution in [0.15, 0.2) is 56.8 Å². The molecule has 158 valence electrons. The molecule has 1 heterocycles. The second kappa shape index (κ2) is 10.7. The minimum Gasteiger partial charge on any atom is -0.503 e. The lowest BCUT2D eigenvalue weighted by Gasteiger charge is -2.15. The van der Waals surface area contributed by atoms with Gasteiger partial charge in [-0.3, -0.25) is 9.69 Å². The van der Waals surface area contributed by atoms with Gasteiger partial charge in [0.05, 0.1) is 34.8 Å². The number of phenols is 1. The Morgan fingerprint density at radius 2 is 1.97 bits per heavy atom. The van der Waals surface area contributed by atoms with E-state index >= 15 is 0 Å². The first-order valence-corrected chi connectivity index (χ1v) is 11.2. The summed E-state index contributed by atoms with van der Waals surface area (Å²) in [6.07, 6.45) is 1.78. The van der Waals surface area contributed by atoms with Crippen molar-refractivity contribution in [2.75, 3.05) is 26.4 Å². The van der Waals surface area contributed by atoms with E-state index in [4.69, 9.17) is 9.47 Å². The van der Waals surface area contributed by atoms with Gasteiger partial charge in [-0.05, 0) is 77.4 Å². The maximum Gasteiger partial charge on any atom is 0.266 e. The van der Waals surface area contributed by atoms with Crippen molar-refractivity contribution in [3.8, 4) is 11.5 Å². The van der Waals surface area contributed by atoms with Crippen molar-refractivity contribution in [3.05, 3.63) is 57.4 Å². The van der Waals surface area contributed by atoms with Gasteiger partial charge in [0, 0.05) is 6.61 Å². The number of benzene rings is 2. The highest BCUT2D eigenvalue weighted by Gasteiger charge is 2.33. The normalized spacial score (nSPS) is 16.6. The maximum atomic E-state index is 13.1. The predicted molar refractivity (Wildman–Crippen MR) is 124 cm³/mol. The number of thioether (sulfide) groups is 1. The molecule has 3 rings (SSSR count). The molecule has 0 unspecified atom stereocenters. The number of ether oxygens (including phenoxy) is 2. The molecule has 0 atom stereocenters. The van der Waals surface area contributed by atoms with Gasteiger partial charge in [-0.25, -0.2) is 4.99 Å². The van der Waals surface area contributed by atoms with Crippen molar-refractivity contribution >= 4 is 50.5 Å². The third-order valence-corrected chi connectivity index (χ3v) is 5.79. The van der Waals surface area contributed by atoms with Crippen LogP contribution in [0.2, 0.25) is 0 Å². The molecule has 0 saturated carbocycles. The van der Waals surface area contributed by atoms with E-state index in [0.29, 0.717) is 46.7 Å². The SMILES string of the molecule is CCOCCN1C(=O)/C(=C/c2cc(Br)c(O)c(OCC)c2)SC1=Nc1ccccc1. The molecular formula is C22H23BrN2O4S. The number of hydrogen-bond acceptors (Lipinski definition) is 6. The number of amidine groups is 1. The van der Waals surface area contributed by atoms with E-state index in [9.17, 15) is 9.90 Å². The first-order valence-electron chi connectivity index (χ1n) is 9.61. The third kappa shape index (κ3) is 5.44. The molecule has 30 heavy (non-hydrogen) atoms. The van der Waals surface area contributed by atoms with Gasteiger partial charge in [-0.1, -0.05) is 18.2 Å². The number of halogens is 1. The van der Waals surface area contributed by atoms with Gasteiger partial charge < -0.3 is 14.6 Å². The van der Waals surface area contributed by atoms with E-state index in [1.807, 2.05) is 44.2 Å². The molecule has 0 bridgehead atoms. The van der Waals surface area contributed by atoms with Gasteiger partial charge in [0.25, 0.3) is 5.91 Å². The van der Waals surface area contributed by atoms with Crippen LogP contribution in [-0.2, 0) is 9.53 Å². The maximum absolute atomic E-state index is 13.1. The van der Waals surface area contributed by atoms with E-state index < -0.39 is 0 Å². The number of aliphatic imine (C=N–C) groups is 1. The van der Waals surface area contributed by atoms with E-state index in [1.54, 1.807) is 23.1 Å². The molecule has 2 aromatic rings. The summed E-state index contributed by atoms with van der Waals surface area (Å²) in [4.78, 5) is 19.9. The molecule has 0 aliphatic carbocycles. The Hall–Kier alpha value is -2.29. The monoisotopic (exact) mass is 490 g/mol. The quantitative estimate of drug-likeness (QED) is 0.406. The molecule has 8 heteroatoms. The van der Waals surface area contributed by atoms with Crippen LogP contribution < -0.4 is 4.74 Å². The van der Waals surface area contributed by atoms with Crippen molar-refractivity contribution in [2.24, 2.45) is 4.99 Å². The third-order valence-electron chi connectivity index (χ3n) is 4.18. The highest BCUT2D eigenvalue weighted by Crippen LogP contribution is 2.38. The summed E-state index contributed by atoms with van der Waals surface area (Å²) >= 11 is 4.66. The molecule has 1 N–H and O–H groups in total. The topological polar surface area (TPSA) is 71.4 Å². The number of carbonyl (C=O) groups is 1. The van der Waals surface area contributed by atoms with Crippen LogP contribution >= 0.6 is 27.7 Å². The Kier molecular flexibility index (Phi) is 7.95. The summed E-state index contributed by atoms with van der Waals surface area (Å²) in [7, 11) is 0. The van der Waals surface area contributed by atoms with Gasteiger partial charge in [0.2, 0.25) is 0 Å². The van der Waals surface area contributed by atoms with E-state index in [1.165, 1.54) is 11.8 Å². The molecule has 1 amide bonds. The minimum absolute atomic E-state index is 0.0362. The average Bonchev–Trinajstić information content (AvgIpc) is 3.01. The van der Waals surface area contributed by atoms with Gasteiger partial charge in [-0.2, -0.15) is 0 Å². The molecular weight excluding hydrogens is 468 g/mol. The number of hydrogen-bond donors (Lipinski definition) is 1. The fourth-order valence-electron chi connectivity index (χ4n) is 2.80. The van der Waals surface area contributed by atoms with Gasteiger partial charge >= 0.3 is 0 Å². The second-order valence-electron chi connectivity index (χ2n) is 6.28. The smallest absolute Gasteiger partial charge is 0.266 e. The van der Waals surface area contributed by atoms with Crippen molar-refractivity contribution in [1.29, 1.82) is 0 Å². The summed E-state index contributed by atoms with van der Waals surface area (Å²) in [5, 5.41) is 10.7. The van der Waals surface area contributed by atoms with Crippen LogP contribution in [0.25, 0.3) is 6.08 Å². The summed E-state index contributed by atoms with van der Waals surface area (Å²) in [6, 6.07) is 13.0. The summed E-state index contributed by atoms with van der Waals surface area (Å²) < 4.78 is 11.4. The van der Waals surface area contributed by atoms with Crippen LogP contribution in [0, 0.1) is 0 Å². The molecule has 2 aromatic carbocycles. The van der Waals surface area contributed by atoms with Crippen LogP contribution in [0.4, 0.5) is 5.69 Å². The number of rotatable bonds is 8. The number of para-hydroxylation sites is 1. The first kappa shape index (κ1) is 22.4. The highest BCUT2D eigenvalue weighted by atomic mass is 79.9. The summed E-state index contributed by atoms with van der Waals surface area (Å²) in [5.74, 6) is 0.270. The molecule has 1 saturated heterocycles. The van der Waals surface area contributed by atoms with Crippen LogP contribution in [0.1, 0.15) is 19.4 Å². The van der Waals surface area contributed by atoms with E-state index in [-0.39, 0.29) is 11.7 Å². The lowest BCUT2D eigenvalue weighted by Crippen LogP contribution is -2.32. The van der Waals surface area contributed by atoms with E-state index in [2.05, 4.69) is 20.9 Å². The largest absolute Gasteiger partial charge is 0.503 e. The standard InChI is InChI=1S/C22H23BrN2O4S/c1-3-28-11-10-25-21(27)19(30-22(25)24-16-8-6-5-7-9-16)14-15-12-17(23)20(26)18(13-15)29-4-2/h5-9,12-14,26H,3-4,10-11H2,1-2H3/b19-14-,24-22?. The predicted octanol–water partition coefficient (Wildman–Crippen LogP) is 5.19. The minimum atomic E-state index is -0.128. The second-order valence-corrected chi connectivity index (χ2v) is 8.14. The fourth-order valence-corrected chi connectivity index (χ4v) is 4.28. The van der Waals surface area contributed by atoms with Crippen LogP contribution in [-0.4, -0.2) is 47.4 Å². The fraction of sp³-hybridized carbons (Fsp3) is 0.273. The number of aromatic hydroxyl groups is 1. The Morgan fingerprint density at radius 3 is 2.67 bits per heavy atom. The molecule has 1 aliphatic rings. The van der Waals surface area contributed by atoms with Crippen molar-refractivity contribution < 1.29 is 19.4 Å². The van der Waals surface area contributed by atoms with Crippen LogP contribution in [0.3, 0.4) is 0 Å². The molecule has 1 fully saturated rings. The van der Waals surface area contributed by atoms with Gasteiger partial charge in [-0.15, -0.1) is 0 Å². The molecule has 1 aliphatic heterocycles. The Labute approximate surface area is 188 Å². The zero-order valence-electron chi connectivity index (χ0n) is 16.8. The van der Waals surface area contributed by atoms with Gasteiger partial charge in [0.1, 0.15) is 0 Å². The Balaban J connectivity index is 1.93. The number of phenolic OH excluding ortho intramolecular Hbond substituents is 1. The first-order chi connectivity index (χ1) is 14.5. The zero-order chi connectivity index (χ0) is 21.5. The number of carbonyl (C=O) groups excluding carboxylic acids is 1. The van der Waals surface area contributed by atoms with Crippen molar-refractivity contribution in [2.45, 2.75) is 13.8 Å². The molecule has 6 nitrogen and oxygen atoms in total. The molecule has 0 radical (unpaired) electrons. The summed E-state index contributed by atoms with van der Waals surface area (Å²) in [6.45, 7) is 5.63. The highest BCUT2D eigenvalue weighted by molar-refractivity contribution is 9.10. The van der Waals surface area contributed by atoms with Gasteiger partial charge in [0.15, 0.2) is 16.7 Å². The Bertz CT molecular complexity index is 963. The zero-order valence-corrected chi connectivity index (χ0v) is 19.2. The number of amides is 1. The van der Waals surface area contributed by atoms with Crippen molar-refractivity contribution in [3.63, 3.8) is 0 Å². The van der Waals surface area contributed by atoms with Crippen molar-refractivity contribution in [1.82, 2.24) is 4.90 Å².